The summed E-state index contributed by atoms with van der Waals surface area (Å²) in [7, 11) is 0. The lowest BCUT2D eigenvalue weighted by molar-refractivity contribution is -0.115. The van der Waals surface area contributed by atoms with Crippen molar-refractivity contribution in [3.05, 3.63) is 41.6 Å². The molecule has 1 amide bonds. The summed E-state index contributed by atoms with van der Waals surface area (Å²) in [6, 6.07) is 9.58. The van der Waals surface area contributed by atoms with E-state index in [0.29, 0.717) is 16.0 Å². The first-order valence-electron chi connectivity index (χ1n) is 10.4. The lowest BCUT2D eigenvalue weighted by atomic mass is 10.3. The van der Waals surface area contributed by atoms with E-state index in [1.54, 1.807) is 16.9 Å². The Morgan fingerprint density at radius 3 is 2.58 bits per heavy atom. The number of thioether (sulfide) groups is 1. The summed E-state index contributed by atoms with van der Waals surface area (Å²) in [6.07, 6.45) is 3.93. The van der Waals surface area contributed by atoms with Crippen LogP contribution >= 0.6 is 23.4 Å². The number of benzene rings is 1. The average Bonchev–Trinajstić information content (AvgIpc) is 3.49. The number of nitrogens with one attached hydrogen (secondary N) is 1. The Kier molecular flexibility index (Phi) is 6.52. The predicted octanol–water partition coefficient (Wildman–Crippen LogP) is 4.42. The van der Waals surface area contributed by atoms with E-state index in [0.717, 1.165) is 37.6 Å². The lowest BCUT2D eigenvalue weighted by Crippen LogP contribution is -2.25. The number of para-hydroxylation sites is 1. The van der Waals surface area contributed by atoms with Gasteiger partial charge in [-0.15, -0.1) is 10.2 Å². The molecule has 1 saturated heterocycles. The molecule has 1 aliphatic heterocycles. The molecule has 8 nitrogen and oxygen atoms in total. The topological polar surface area (TPSA) is 80.9 Å². The maximum absolute atomic E-state index is 12.9. The van der Waals surface area contributed by atoms with Crippen molar-refractivity contribution in [3.63, 3.8) is 0 Å². The van der Waals surface area contributed by atoms with Crippen LogP contribution in [0.1, 0.15) is 39.7 Å². The maximum atomic E-state index is 12.9. The Morgan fingerprint density at radius 2 is 1.87 bits per heavy atom. The number of aromatic nitrogens is 5. The highest BCUT2D eigenvalue weighted by Crippen LogP contribution is 2.33. The Bertz CT molecular complexity index is 1060. The van der Waals surface area contributed by atoms with Gasteiger partial charge >= 0.3 is 0 Å². The molecule has 1 fully saturated rings. The van der Waals surface area contributed by atoms with Crippen LogP contribution in [0.4, 0.5) is 11.8 Å². The molecule has 10 heteroatoms. The second-order valence-corrected chi connectivity index (χ2v) is 9.48. The quantitative estimate of drug-likeness (QED) is 0.527. The molecule has 3 aromatic rings. The van der Waals surface area contributed by atoms with Gasteiger partial charge in [0.15, 0.2) is 5.16 Å². The van der Waals surface area contributed by atoms with E-state index in [9.17, 15) is 4.79 Å². The van der Waals surface area contributed by atoms with Gasteiger partial charge in [0.2, 0.25) is 11.9 Å². The summed E-state index contributed by atoms with van der Waals surface area (Å²) in [5.74, 6) is 1.32. The largest absolute Gasteiger partial charge is 0.341 e. The summed E-state index contributed by atoms with van der Waals surface area (Å²) in [4.78, 5) is 15.1. The Labute approximate surface area is 191 Å². The van der Waals surface area contributed by atoms with Gasteiger partial charge in [-0.2, -0.15) is 5.10 Å². The maximum Gasteiger partial charge on any atom is 0.238 e. The van der Waals surface area contributed by atoms with E-state index in [1.807, 2.05) is 49.6 Å². The fourth-order valence-electron chi connectivity index (χ4n) is 3.57. The lowest BCUT2D eigenvalue weighted by Gasteiger charge is -2.20. The fraction of sp³-hybridized carbons (Fsp3) is 0.429. The van der Waals surface area contributed by atoms with E-state index in [4.69, 9.17) is 11.6 Å². The number of amides is 1. The molecule has 0 saturated carbocycles. The molecule has 164 valence electrons. The Balaban J connectivity index is 1.60. The SMILES string of the molecule is CC(Sc1nnc(N2CCCC2)n1-c1ccccc1Cl)C(=O)Nc1ccnn1C(C)C. The summed E-state index contributed by atoms with van der Waals surface area (Å²) < 4.78 is 3.74. The highest BCUT2D eigenvalue weighted by atomic mass is 35.5. The summed E-state index contributed by atoms with van der Waals surface area (Å²) in [5, 5.41) is 17.0. The first kappa shape index (κ1) is 21.7. The van der Waals surface area contributed by atoms with Gasteiger partial charge in [0, 0.05) is 25.2 Å². The highest BCUT2D eigenvalue weighted by molar-refractivity contribution is 8.00. The number of rotatable bonds is 7. The van der Waals surface area contributed by atoms with Crippen molar-refractivity contribution in [2.45, 2.75) is 50.1 Å². The zero-order chi connectivity index (χ0) is 22.0. The standard InChI is InChI=1S/C21H26ClN7OS/c1-14(2)29-18(10-11-23-29)24-19(30)15(3)31-21-26-25-20(27-12-6-7-13-27)28(21)17-9-5-4-8-16(17)22/h4-5,8-11,14-15H,6-7,12-13H2,1-3H3,(H,24,30). The number of hydrogen-bond acceptors (Lipinski definition) is 6. The molecule has 0 spiro atoms. The van der Waals surface area contributed by atoms with Crippen molar-refractivity contribution < 1.29 is 4.79 Å². The molecule has 0 aliphatic carbocycles. The molecule has 0 radical (unpaired) electrons. The van der Waals surface area contributed by atoms with Crippen molar-refractivity contribution in [3.8, 4) is 5.69 Å². The Hall–Kier alpha value is -2.52. The van der Waals surface area contributed by atoms with Crippen LogP contribution in [0, 0.1) is 0 Å². The number of carbonyl (C=O) groups is 1. The van der Waals surface area contributed by atoms with Gasteiger partial charge in [0.1, 0.15) is 5.82 Å². The Morgan fingerprint density at radius 1 is 1.13 bits per heavy atom. The van der Waals surface area contributed by atoms with Crippen LogP contribution in [0.2, 0.25) is 5.02 Å². The van der Waals surface area contributed by atoms with Gasteiger partial charge in [-0.25, -0.2) is 4.68 Å². The molecule has 4 rings (SSSR count). The second-order valence-electron chi connectivity index (χ2n) is 7.77. The van der Waals surface area contributed by atoms with Crippen molar-refractivity contribution in [1.29, 1.82) is 0 Å². The zero-order valence-corrected chi connectivity index (χ0v) is 19.4. The average molecular weight is 460 g/mol. The van der Waals surface area contributed by atoms with E-state index >= 15 is 0 Å². The van der Waals surface area contributed by atoms with E-state index in [2.05, 4.69) is 25.5 Å². The molecule has 31 heavy (non-hydrogen) atoms. The summed E-state index contributed by atoms with van der Waals surface area (Å²) in [5.41, 5.74) is 0.809. The molecule has 1 atom stereocenters. The van der Waals surface area contributed by atoms with Crippen molar-refractivity contribution in [2.75, 3.05) is 23.3 Å². The molecule has 3 heterocycles. The molecule has 1 aliphatic rings. The highest BCUT2D eigenvalue weighted by Gasteiger charge is 2.26. The van der Waals surface area contributed by atoms with Crippen LogP contribution < -0.4 is 10.2 Å². The van der Waals surface area contributed by atoms with Gasteiger partial charge < -0.3 is 10.2 Å². The van der Waals surface area contributed by atoms with Crippen molar-refractivity contribution in [2.24, 2.45) is 0 Å². The number of nitrogens with zero attached hydrogens (tertiary/aromatic N) is 6. The number of anilines is 2. The first-order valence-corrected chi connectivity index (χ1v) is 11.7. The van der Waals surface area contributed by atoms with Crippen molar-refractivity contribution in [1.82, 2.24) is 24.5 Å². The van der Waals surface area contributed by atoms with Crippen molar-refractivity contribution >= 4 is 41.0 Å². The van der Waals surface area contributed by atoms with Crippen LogP contribution in [0.25, 0.3) is 5.69 Å². The molecule has 1 unspecified atom stereocenters. The minimum atomic E-state index is -0.396. The minimum Gasteiger partial charge on any atom is -0.341 e. The van der Waals surface area contributed by atoms with E-state index in [-0.39, 0.29) is 11.9 Å². The fourth-order valence-corrected chi connectivity index (χ4v) is 4.64. The molecule has 0 bridgehead atoms. The van der Waals surface area contributed by atoms with Crippen LogP contribution in [-0.4, -0.2) is 48.8 Å². The summed E-state index contributed by atoms with van der Waals surface area (Å²) in [6.45, 7) is 7.77. The minimum absolute atomic E-state index is 0.121. The molecule has 1 aromatic carbocycles. The van der Waals surface area contributed by atoms with Gasteiger partial charge in [-0.1, -0.05) is 35.5 Å². The molecular formula is C21H26ClN7OS. The van der Waals surface area contributed by atoms with Gasteiger partial charge in [-0.05, 0) is 45.7 Å². The zero-order valence-electron chi connectivity index (χ0n) is 17.8. The molecule has 2 aromatic heterocycles. The third-order valence-electron chi connectivity index (χ3n) is 5.16. The van der Waals surface area contributed by atoms with Gasteiger partial charge in [0.25, 0.3) is 0 Å². The van der Waals surface area contributed by atoms with Crippen LogP contribution in [0.5, 0.6) is 0 Å². The monoisotopic (exact) mass is 459 g/mol. The number of hydrogen-bond donors (Lipinski definition) is 1. The van der Waals surface area contributed by atoms with Gasteiger partial charge in [0.05, 0.1) is 22.2 Å². The van der Waals surface area contributed by atoms with E-state index < -0.39 is 5.25 Å². The van der Waals surface area contributed by atoms with Crippen LogP contribution in [-0.2, 0) is 4.79 Å². The van der Waals surface area contributed by atoms with E-state index in [1.165, 1.54) is 11.8 Å². The summed E-state index contributed by atoms with van der Waals surface area (Å²) >= 11 is 7.87. The smallest absolute Gasteiger partial charge is 0.238 e. The first-order chi connectivity index (χ1) is 15.0. The third kappa shape index (κ3) is 4.57. The van der Waals surface area contributed by atoms with Crippen LogP contribution in [0.15, 0.2) is 41.7 Å². The molecule has 1 N–H and O–H groups in total. The predicted molar refractivity (Wildman–Crippen MR) is 124 cm³/mol. The van der Waals surface area contributed by atoms with Crippen LogP contribution in [0.3, 0.4) is 0 Å². The molecular weight excluding hydrogens is 434 g/mol. The van der Waals surface area contributed by atoms with Gasteiger partial charge in [-0.3, -0.25) is 9.36 Å². The number of carbonyl (C=O) groups excluding carboxylic acids is 1. The number of halogens is 1. The third-order valence-corrected chi connectivity index (χ3v) is 6.52. The second kappa shape index (κ2) is 9.32. The normalized spacial score (nSPS) is 14.9.